The van der Waals surface area contributed by atoms with E-state index >= 15 is 0 Å². The van der Waals surface area contributed by atoms with Crippen LogP contribution in [0.3, 0.4) is 0 Å². The summed E-state index contributed by atoms with van der Waals surface area (Å²) in [6.07, 6.45) is -0.573. The van der Waals surface area contributed by atoms with Gasteiger partial charge in [0.15, 0.2) is 0 Å². The highest BCUT2D eigenvalue weighted by Crippen LogP contribution is 2.09. The van der Waals surface area contributed by atoms with Crippen molar-refractivity contribution in [2.24, 2.45) is 11.7 Å². The molecule has 3 amide bonds. The summed E-state index contributed by atoms with van der Waals surface area (Å²) < 4.78 is 5.18. The molecule has 2 rings (SSSR count). The van der Waals surface area contributed by atoms with Crippen molar-refractivity contribution < 1.29 is 19.1 Å². The van der Waals surface area contributed by atoms with E-state index in [9.17, 15) is 14.4 Å². The van der Waals surface area contributed by atoms with Crippen molar-refractivity contribution in [3.63, 3.8) is 0 Å². The van der Waals surface area contributed by atoms with Gasteiger partial charge in [0.1, 0.15) is 18.7 Å². The SMILES string of the molecule is CC(C)[C@H](NC(=O)OCc1ccccc1)C(=O)N[C@H](Cc1ccc(C#N)cc1)C(N)=O. The highest BCUT2D eigenvalue weighted by atomic mass is 16.5. The van der Waals surface area contributed by atoms with E-state index in [0.29, 0.717) is 5.56 Å². The summed E-state index contributed by atoms with van der Waals surface area (Å²) in [5, 5.41) is 14.0. The zero-order valence-electron chi connectivity index (χ0n) is 17.5. The molecule has 0 radical (unpaired) electrons. The molecular weight excluding hydrogens is 396 g/mol. The number of nitriles is 1. The van der Waals surface area contributed by atoms with E-state index in [1.807, 2.05) is 36.4 Å². The van der Waals surface area contributed by atoms with Crippen LogP contribution in [0.5, 0.6) is 0 Å². The largest absolute Gasteiger partial charge is 0.445 e. The summed E-state index contributed by atoms with van der Waals surface area (Å²) in [4.78, 5) is 36.8. The molecule has 0 aromatic heterocycles. The fraction of sp³-hybridized carbons (Fsp3) is 0.304. The van der Waals surface area contributed by atoms with Crippen LogP contribution in [0.4, 0.5) is 4.79 Å². The molecule has 0 bridgehead atoms. The Labute approximate surface area is 181 Å². The van der Waals surface area contributed by atoms with Crippen LogP contribution >= 0.6 is 0 Å². The lowest BCUT2D eigenvalue weighted by Gasteiger charge is -2.24. The maximum atomic E-state index is 12.8. The smallest absolute Gasteiger partial charge is 0.408 e. The summed E-state index contributed by atoms with van der Waals surface area (Å²) in [6, 6.07) is 15.9. The van der Waals surface area contributed by atoms with Gasteiger partial charge < -0.3 is 21.1 Å². The second kappa shape index (κ2) is 11.4. The number of nitrogens with one attached hydrogen (secondary N) is 2. The summed E-state index contributed by atoms with van der Waals surface area (Å²) in [5.41, 5.74) is 7.50. The summed E-state index contributed by atoms with van der Waals surface area (Å²) in [7, 11) is 0. The first-order chi connectivity index (χ1) is 14.8. The quantitative estimate of drug-likeness (QED) is 0.568. The first-order valence-electron chi connectivity index (χ1n) is 9.86. The fourth-order valence-electron chi connectivity index (χ4n) is 2.86. The number of alkyl carbamates (subject to hydrolysis) is 1. The van der Waals surface area contributed by atoms with Crippen molar-refractivity contribution >= 4 is 17.9 Å². The Bertz CT molecular complexity index is 936. The van der Waals surface area contributed by atoms with Gasteiger partial charge in [-0.2, -0.15) is 5.26 Å². The number of nitrogens with zero attached hydrogens (tertiary/aromatic N) is 1. The molecule has 8 nitrogen and oxygen atoms in total. The molecule has 0 unspecified atom stereocenters. The van der Waals surface area contributed by atoms with Crippen molar-refractivity contribution in [1.82, 2.24) is 10.6 Å². The topological polar surface area (TPSA) is 134 Å². The van der Waals surface area contributed by atoms with Gasteiger partial charge in [-0.1, -0.05) is 56.3 Å². The molecule has 2 atom stereocenters. The van der Waals surface area contributed by atoms with Crippen LogP contribution in [0.1, 0.15) is 30.5 Å². The molecular formula is C23H26N4O4. The number of carbonyl (C=O) groups is 3. The lowest BCUT2D eigenvalue weighted by molar-refractivity contribution is -0.129. The number of hydrogen-bond acceptors (Lipinski definition) is 5. The molecule has 2 aromatic rings. The average Bonchev–Trinajstić information content (AvgIpc) is 2.76. The molecule has 0 saturated heterocycles. The number of primary amides is 1. The Morgan fingerprint density at radius 3 is 2.19 bits per heavy atom. The van der Waals surface area contributed by atoms with Crippen LogP contribution in [0.15, 0.2) is 54.6 Å². The van der Waals surface area contributed by atoms with Crippen LogP contribution in [0, 0.1) is 17.2 Å². The van der Waals surface area contributed by atoms with Gasteiger partial charge in [0.2, 0.25) is 11.8 Å². The third kappa shape index (κ3) is 7.48. The number of nitrogens with two attached hydrogens (primary N) is 1. The van der Waals surface area contributed by atoms with Crippen LogP contribution in [-0.2, 0) is 27.4 Å². The van der Waals surface area contributed by atoms with E-state index in [-0.39, 0.29) is 18.9 Å². The van der Waals surface area contributed by atoms with Crippen molar-refractivity contribution in [3.8, 4) is 6.07 Å². The minimum Gasteiger partial charge on any atom is -0.445 e. The number of hydrogen-bond donors (Lipinski definition) is 3. The van der Waals surface area contributed by atoms with Crippen molar-refractivity contribution in [2.45, 2.75) is 39.0 Å². The first-order valence-corrected chi connectivity index (χ1v) is 9.86. The second-order valence-corrected chi connectivity index (χ2v) is 7.40. The average molecular weight is 422 g/mol. The van der Waals surface area contributed by atoms with Crippen molar-refractivity contribution in [1.29, 1.82) is 5.26 Å². The minimum atomic E-state index is -0.969. The van der Waals surface area contributed by atoms with Gasteiger partial charge in [0, 0.05) is 6.42 Å². The van der Waals surface area contributed by atoms with Gasteiger partial charge >= 0.3 is 6.09 Å². The Morgan fingerprint density at radius 1 is 1.00 bits per heavy atom. The molecule has 0 spiro atoms. The number of ether oxygens (including phenoxy) is 1. The third-order valence-electron chi connectivity index (χ3n) is 4.62. The van der Waals surface area contributed by atoms with Gasteiger partial charge in [-0.3, -0.25) is 9.59 Å². The van der Waals surface area contributed by atoms with Gasteiger partial charge in [0.05, 0.1) is 11.6 Å². The summed E-state index contributed by atoms with van der Waals surface area (Å²) >= 11 is 0. The molecule has 0 heterocycles. The molecule has 4 N–H and O–H groups in total. The highest BCUT2D eigenvalue weighted by molar-refractivity contribution is 5.91. The van der Waals surface area contributed by atoms with Crippen LogP contribution in [-0.4, -0.2) is 30.0 Å². The second-order valence-electron chi connectivity index (χ2n) is 7.40. The number of carbonyl (C=O) groups excluding carboxylic acids is 3. The Hall–Kier alpha value is -3.86. The summed E-state index contributed by atoms with van der Waals surface area (Å²) in [5.74, 6) is -1.50. The van der Waals surface area contributed by atoms with E-state index in [0.717, 1.165) is 11.1 Å². The normalized spacial score (nSPS) is 12.3. The lowest BCUT2D eigenvalue weighted by atomic mass is 10.0. The molecule has 0 aliphatic rings. The monoisotopic (exact) mass is 422 g/mol. The molecule has 0 aliphatic carbocycles. The van der Waals surface area contributed by atoms with Crippen LogP contribution in [0.2, 0.25) is 0 Å². The van der Waals surface area contributed by atoms with Crippen molar-refractivity contribution in [3.05, 3.63) is 71.3 Å². The predicted molar refractivity (Wildman–Crippen MR) is 114 cm³/mol. The van der Waals surface area contributed by atoms with Gasteiger partial charge in [-0.15, -0.1) is 0 Å². The number of rotatable bonds is 9. The van der Waals surface area contributed by atoms with E-state index in [1.54, 1.807) is 38.1 Å². The molecule has 0 saturated carbocycles. The summed E-state index contributed by atoms with van der Waals surface area (Å²) in [6.45, 7) is 3.60. The number of benzene rings is 2. The zero-order chi connectivity index (χ0) is 22.8. The first kappa shape index (κ1) is 23.4. The minimum absolute atomic E-state index is 0.0711. The third-order valence-corrected chi connectivity index (χ3v) is 4.62. The molecule has 162 valence electrons. The van der Waals surface area contributed by atoms with Crippen molar-refractivity contribution in [2.75, 3.05) is 0 Å². The number of amides is 3. The molecule has 31 heavy (non-hydrogen) atoms. The Balaban J connectivity index is 1.98. The van der Waals surface area contributed by atoms with Crippen LogP contribution in [0.25, 0.3) is 0 Å². The van der Waals surface area contributed by atoms with Gasteiger partial charge in [0.25, 0.3) is 0 Å². The molecule has 0 aliphatic heterocycles. The van der Waals surface area contributed by atoms with E-state index in [2.05, 4.69) is 10.6 Å². The molecule has 8 heteroatoms. The van der Waals surface area contributed by atoms with Gasteiger partial charge in [-0.25, -0.2) is 4.79 Å². The predicted octanol–water partition coefficient (Wildman–Crippen LogP) is 2.02. The maximum absolute atomic E-state index is 12.8. The maximum Gasteiger partial charge on any atom is 0.408 e. The highest BCUT2D eigenvalue weighted by Gasteiger charge is 2.28. The Morgan fingerprint density at radius 2 is 1.65 bits per heavy atom. The lowest BCUT2D eigenvalue weighted by Crippen LogP contribution is -2.55. The van der Waals surface area contributed by atoms with E-state index < -0.39 is 30.0 Å². The zero-order valence-corrected chi connectivity index (χ0v) is 17.5. The molecule has 2 aromatic carbocycles. The Kier molecular flexibility index (Phi) is 8.58. The standard InChI is InChI=1S/C23H26N4O4/c1-15(2)20(27-23(30)31-14-18-6-4-3-5-7-18)22(29)26-19(21(25)28)12-16-8-10-17(13-24)11-9-16/h3-11,15,19-20H,12,14H2,1-2H3,(H2,25,28)(H,26,29)(H,27,30)/t19-,20+/m1/s1. The van der Waals surface area contributed by atoms with E-state index in [1.165, 1.54) is 0 Å². The fourth-order valence-corrected chi connectivity index (χ4v) is 2.86. The van der Waals surface area contributed by atoms with E-state index in [4.69, 9.17) is 15.7 Å². The van der Waals surface area contributed by atoms with Crippen LogP contribution < -0.4 is 16.4 Å². The molecule has 0 fully saturated rings. The van der Waals surface area contributed by atoms with Gasteiger partial charge in [-0.05, 0) is 29.2 Å².